The molecule has 24 heavy (non-hydrogen) atoms. The van der Waals surface area contributed by atoms with Crippen molar-refractivity contribution in [2.45, 2.75) is 25.2 Å². The molecule has 1 aromatic carbocycles. The number of aliphatic hydroxyl groups excluding tert-OH is 1. The van der Waals surface area contributed by atoms with Crippen LogP contribution in [0.5, 0.6) is 0 Å². The lowest BCUT2D eigenvalue weighted by Gasteiger charge is -2.40. The maximum atomic E-state index is 12.6. The van der Waals surface area contributed by atoms with Gasteiger partial charge in [0.2, 0.25) is 0 Å². The molecular weight excluding hydrogens is 321 g/mol. The molecule has 2 rings (SSSR count). The zero-order valence-corrected chi connectivity index (χ0v) is 14.1. The predicted molar refractivity (Wildman–Crippen MR) is 85.8 cm³/mol. The van der Waals surface area contributed by atoms with Gasteiger partial charge in [0.25, 0.3) is 0 Å². The van der Waals surface area contributed by atoms with Crippen LogP contribution in [0.4, 0.5) is 13.2 Å². The van der Waals surface area contributed by atoms with Gasteiger partial charge in [-0.25, -0.2) is 0 Å². The first-order chi connectivity index (χ1) is 11.3. The molecule has 136 valence electrons. The van der Waals surface area contributed by atoms with Crippen LogP contribution in [0.15, 0.2) is 24.3 Å². The highest BCUT2D eigenvalue weighted by molar-refractivity contribution is 5.26. The van der Waals surface area contributed by atoms with Gasteiger partial charge in [0, 0.05) is 45.9 Å². The summed E-state index contributed by atoms with van der Waals surface area (Å²) in [7, 11) is 1.68. The first kappa shape index (κ1) is 19.2. The fraction of sp³-hybridized carbons (Fsp3) is 0.647. The molecule has 0 aliphatic carbocycles. The van der Waals surface area contributed by atoms with E-state index in [1.807, 2.05) is 0 Å². The third kappa shape index (κ3) is 5.17. The van der Waals surface area contributed by atoms with Gasteiger partial charge >= 0.3 is 6.18 Å². The first-order valence-electron chi connectivity index (χ1n) is 8.12. The zero-order chi connectivity index (χ0) is 17.7. The first-order valence-corrected chi connectivity index (χ1v) is 8.12. The second-order valence-corrected chi connectivity index (χ2v) is 6.27. The van der Waals surface area contributed by atoms with E-state index in [9.17, 15) is 18.3 Å². The minimum atomic E-state index is -4.35. The minimum Gasteiger partial charge on any atom is -0.387 e. The van der Waals surface area contributed by atoms with Crippen LogP contribution in [0, 0.1) is 0 Å². The number of alkyl halides is 3. The summed E-state index contributed by atoms with van der Waals surface area (Å²) in [5, 5.41) is 10.3. The summed E-state index contributed by atoms with van der Waals surface area (Å²) in [5.74, 6) is 0. The molecule has 2 atom stereocenters. The van der Waals surface area contributed by atoms with E-state index < -0.39 is 17.8 Å². The van der Waals surface area contributed by atoms with E-state index >= 15 is 0 Å². The Morgan fingerprint density at radius 1 is 1.25 bits per heavy atom. The lowest BCUT2D eigenvalue weighted by atomic mass is 10.1. The van der Waals surface area contributed by atoms with Crippen LogP contribution in [0.3, 0.4) is 0 Å². The summed E-state index contributed by atoms with van der Waals surface area (Å²) in [4.78, 5) is 4.49. The SMILES string of the molecule is COCCN1CCN(CC(O)c2ccc(C(F)(F)F)cc2)CC1C. The molecule has 0 aromatic heterocycles. The number of piperazine rings is 1. The van der Waals surface area contributed by atoms with Crippen LogP contribution in [0.25, 0.3) is 0 Å². The highest BCUT2D eigenvalue weighted by Gasteiger charge is 2.30. The van der Waals surface area contributed by atoms with Crippen LogP contribution < -0.4 is 0 Å². The number of hydrogen-bond donors (Lipinski definition) is 1. The van der Waals surface area contributed by atoms with Crippen LogP contribution in [0.1, 0.15) is 24.2 Å². The predicted octanol–water partition coefficient (Wildman–Crippen LogP) is 2.39. The molecule has 1 aromatic rings. The normalized spacial score (nSPS) is 21.8. The molecule has 4 nitrogen and oxygen atoms in total. The van der Waals surface area contributed by atoms with Crippen molar-refractivity contribution in [2.24, 2.45) is 0 Å². The second-order valence-electron chi connectivity index (χ2n) is 6.27. The number of ether oxygens (including phenoxy) is 1. The van der Waals surface area contributed by atoms with Crippen molar-refractivity contribution in [3.8, 4) is 0 Å². The summed E-state index contributed by atoms with van der Waals surface area (Å²) < 4.78 is 42.8. The number of aliphatic hydroxyl groups is 1. The lowest BCUT2D eigenvalue weighted by Crippen LogP contribution is -2.53. The van der Waals surface area contributed by atoms with E-state index in [0.717, 1.165) is 38.3 Å². The number of hydrogen-bond acceptors (Lipinski definition) is 4. The topological polar surface area (TPSA) is 35.9 Å². The monoisotopic (exact) mass is 346 g/mol. The van der Waals surface area contributed by atoms with Gasteiger partial charge in [0.05, 0.1) is 18.3 Å². The smallest absolute Gasteiger partial charge is 0.387 e. The van der Waals surface area contributed by atoms with E-state index in [-0.39, 0.29) is 0 Å². The number of β-amino-alcohol motifs (C(OH)–C–C–N with tert-alkyl or cyclic N) is 1. The van der Waals surface area contributed by atoms with Gasteiger partial charge in [0.15, 0.2) is 0 Å². The molecule has 0 saturated carbocycles. The van der Waals surface area contributed by atoms with E-state index in [2.05, 4.69) is 16.7 Å². The average molecular weight is 346 g/mol. The quantitative estimate of drug-likeness (QED) is 0.858. The van der Waals surface area contributed by atoms with Crippen LogP contribution in [-0.4, -0.2) is 67.4 Å². The number of nitrogens with zero attached hydrogens (tertiary/aromatic N) is 2. The number of rotatable bonds is 6. The second kappa shape index (κ2) is 8.29. The van der Waals surface area contributed by atoms with E-state index in [1.165, 1.54) is 12.1 Å². The molecular formula is C17H25F3N2O2. The molecule has 0 spiro atoms. The van der Waals surface area contributed by atoms with Gasteiger partial charge in [0.1, 0.15) is 0 Å². The van der Waals surface area contributed by atoms with Crippen LogP contribution in [0.2, 0.25) is 0 Å². The molecule has 1 fully saturated rings. The van der Waals surface area contributed by atoms with Crippen molar-refractivity contribution in [1.29, 1.82) is 0 Å². The van der Waals surface area contributed by atoms with E-state index in [4.69, 9.17) is 4.74 Å². The molecule has 0 bridgehead atoms. The van der Waals surface area contributed by atoms with Gasteiger partial charge < -0.3 is 9.84 Å². The summed E-state index contributed by atoms with van der Waals surface area (Å²) in [5.41, 5.74) is -0.184. The summed E-state index contributed by atoms with van der Waals surface area (Å²) in [6.07, 6.45) is -5.14. The van der Waals surface area contributed by atoms with Gasteiger partial charge in [-0.3, -0.25) is 9.80 Å². The Morgan fingerprint density at radius 2 is 1.92 bits per heavy atom. The molecule has 7 heteroatoms. The van der Waals surface area contributed by atoms with Crippen molar-refractivity contribution in [3.05, 3.63) is 35.4 Å². The third-order valence-electron chi connectivity index (χ3n) is 4.49. The summed E-state index contributed by atoms with van der Waals surface area (Å²) >= 11 is 0. The van der Waals surface area contributed by atoms with E-state index in [0.29, 0.717) is 24.8 Å². The fourth-order valence-electron chi connectivity index (χ4n) is 3.02. The fourth-order valence-corrected chi connectivity index (χ4v) is 3.02. The van der Waals surface area contributed by atoms with Crippen molar-refractivity contribution in [1.82, 2.24) is 9.80 Å². The molecule has 1 heterocycles. The Balaban J connectivity index is 1.87. The number of benzene rings is 1. The Bertz CT molecular complexity index is 508. The summed E-state index contributed by atoms with van der Waals surface area (Å²) in [6, 6.07) is 5.10. The van der Waals surface area contributed by atoms with Crippen LogP contribution >= 0.6 is 0 Å². The maximum absolute atomic E-state index is 12.6. The van der Waals surface area contributed by atoms with Crippen molar-refractivity contribution in [3.63, 3.8) is 0 Å². The van der Waals surface area contributed by atoms with Crippen molar-refractivity contribution >= 4 is 0 Å². The highest BCUT2D eigenvalue weighted by atomic mass is 19.4. The third-order valence-corrected chi connectivity index (χ3v) is 4.49. The molecule has 2 unspecified atom stereocenters. The van der Waals surface area contributed by atoms with Gasteiger partial charge in [-0.15, -0.1) is 0 Å². The molecule has 1 N–H and O–H groups in total. The number of methoxy groups -OCH3 is 1. The van der Waals surface area contributed by atoms with Gasteiger partial charge in [-0.2, -0.15) is 13.2 Å². The largest absolute Gasteiger partial charge is 0.416 e. The van der Waals surface area contributed by atoms with Crippen LogP contribution in [-0.2, 0) is 10.9 Å². The molecule has 0 amide bonds. The Hall–Kier alpha value is -1.15. The Kier molecular flexibility index (Phi) is 6.62. The van der Waals surface area contributed by atoms with Gasteiger partial charge in [-0.05, 0) is 24.6 Å². The average Bonchev–Trinajstić information content (AvgIpc) is 2.53. The molecule has 1 aliphatic heterocycles. The van der Waals surface area contributed by atoms with Crippen molar-refractivity contribution in [2.75, 3.05) is 46.4 Å². The zero-order valence-electron chi connectivity index (χ0n) is 14.1. The van der Waals surface area contributed by atoms with Crippen molar-refractivity contribution < 1.29 is 23.0 Å². The molecule has 1 aliphatic rings. The molecule has 0 radical (unpaired) electrons. The molecule has 1 saturated heterocycles. The van der Waals surface area contributed by atoms with E-state index in [1.54, 1.807) is 7.11 Å². The lowest BCUT2D eigenvalue weighted by molar-refractivity contribution is -0.137. The minimum absolute atomic E-state index is 0.355. The summed E-state index contributed by atoms with van der Waals surface area (Å²) in [6.45, 7) is 6.67. The Morgan fingerprint density at radius 3 is 2.46 bits per heavy atom. The Labute approximate surface area is 140 Å². The maximum Gasteiger partial charge on any atom is 0.416 e. The highest BCUT2D eigenvalue weighted by Crippen LogP contribution is 2.30. The number of halogens is 3. The van der Waals surface area contributed by atoms with Gasteiger partial charge in [-0.1, -0.05) is 12.1 Å². The standard InChI is InChI=1S/C17H25F3N2O2/c1-13-11-21(7-8-22(13)9-10-24-2)12-16(23)14-3-5-15(6-4-14)17(18,19)20/h3-6,13,16,23H,7-12H2,1-2H3.